The molecule has 0 unspecified atom stereocenters. The Labute approximate surface area is 202 Å². The van der Waals surface area contributed by atoms with Gasteiger partial charge in [-0.2, -0.15) is 0 Å². The van der Waals surface area contributed by atoms with E-state index in [-0.39, 0.29) is 11.8 Å². The monoisotopic (exact) mass is 516 g/mol. The molecule has 0 aromatic heterocycles. The van der Waals surface area contributed by atoms with Crippen LogP contribution in [0.5, 0.6) is 11.5 Å². The quantitative estimate of drug-likeness (QED) is 0.324. The summed E-state index contributed by atoms with van der Waals surface area (Å²) in [5.74, 6) is 1.26. The summed E-state index contributed by atoms with van der Waals surface area (Å²) in [6.45, 7) is 4.64. The van der Waals surface area contributed by atoms with Gasteiger partial charge in [-0.15, -0.1) is 0 Å². The number of hydrogen-bond acceptors (Lipinski definition) is 4. The minimum Gasteiger partial charge on any atom is -0.493 e. The van der Waals surface area contributed by atoms with E-state index >= 15 is 0 Å². The summed E-state index contributed by atoms with van der Waals surface area (Å²) in [6, 6.07) is 19.0. The van der Waals surface area contributed by atoms with Crippen molar-refractivity contribution < 1.29 is 14.3 Å². The van der Waals surface area contributed by atoms with E-state index in [1.54, 1.807) is 7.11 Å². The van der Waals surface area contributed by atoms with Gasteiger partial charge in [0.05, 0.1) is 7.11 Å². The van der Waals surface area contributed by atoms with Crippen molar-refractivity contribution in [3.05, 3.63) is 81.3 Å². The summed E-state index contributed by atoms with van der Waals surface area (Å²) in [5.41, 5.74) is 3.64. The highest BCUT2D eigenvalue weighted by atomic mass is 79.9. The van der Waals surface area contributed by atoms with Crippen LogP contribution in [0.4, 0.5) is 11.4 Å². The standard InChI is InChI=1S/C25H26BrClN2O3/c1-16(2)25(30)29-20-10-8-19(9-11-20)28-14-21-22(26)12-13-23(31-3)24(21)32-15-17-4-6-18(27)7-5-17/h4-13,16,28H,14-15H2,1-3H3,(H,29,30). The van der Waals surface area contributed by atoms with Crippen LogP contribution in [-0.4, -0.2) is 13.0 Å². The maximum Gasteiger partial charge on any atom is 0.226 e. The van der Waals surface area contributed by atoms with E-state index in [4.69, 9.17) is 21.1 Å². The van der Waals surface area contributed by atoms with Crippen LogP contribution in [0.15, 0.2) is 65.1 Å². The molecule has 5 nitrogen and oxygen atoms in total. The van der Waals surface area contributed by atoms with E-state index < -0.39 is 0 Å². The van der Waals surface area contributed by atoms with Crippen molar-refractivity contribution in [1.82, 2.24) is 0 Å². The Hall–Kier alpha value is -2.70. The number of nitrogens with one attached hydrogen (secondary N) is 2. The van der Waals surface area contributed by atoms with Gasteiger partial charge in [-0.1, -0.05) is 53.5 Å². The van der Waals surface area contributed by atoms with Gasteiger partial charge in [0.25, 0.3) is 0 Å². The van der Waals surface area contributed by atoms with Crippen LogP contribution in [0.3, 0.4) is 0 Å². The summed E-state index contributed by atoms with van der Waals surface area (Å²) in [4.78, 5) is 11.9. The van der Waals surface area contributed by atoms with Crippen molar-refractivity contribution in [2.75, 3.05) is 17.7 Å². The maximum atomic E-state index is 11.9. The summed E-state index contributed by atoms with van der Waals surface area (Å²) >= 11 is 9.61. The van der Waals surface area contributed by atoms with Crippen LogP contribution in [0.1, 0.15) is 25.0 Å². The average molecular weight is 518 g/mol. The molecule has 0 aliphatic carbocycles. The molecule has 0 saturated carbocycles. The number of anilines is 2. The highest BCUT2D eigenvalue weighted by Gasteiger charge is 2.15. The molecule has 0 saturated heterocycles. The number of methoxy groups -OCH3 is 1. The predicted octanol–water partition coefficient (Wildman–Crippen LogP) is 6.90. The smallest absolute Gasteiger partial charge is 0.226 e. The zero-order valence-corrected chi connectivity index (χ0v) is 20.6. The van der Waals surface area contributed by atoms with Gasteiger partial charge in [-0.3, -0.25) is 4.79 Å². The fraction of sp³-hybridized carbons (Fsp3) is 0.240. The molecule has 3 rings (SSSR count). The molecule has 32 heavy (non-hydrogen) atoms. The van der Waals surface area contributed by atoms with Gasteiger partial charge in [0.15, 0.2) is 11.5 Å². The van der Waals surface area contributed by atoms with E-state index in [9.17, 15) is 4.79 Å². The minimum atomic E-state index is -0.0653. The molecule has 168 valence electrons. The molecule has 0 aliphatic heterocycles. The second-order valence-corrected chi connectivity index (χ2v) is 8.84. The van der Waals surface area contributed by atoms with E-state index in [0.29, 0.717) is 29.7 Å². The normalized spacial score (nSPS) is 10.7. The molecule has 2 N–H and O–H groups in total. The van der Waals surface area contributed by atoms with E-state index in [2.05, 4.69) is 26.6 Å². The number of benzene rings is 3. The summed E-state index contributed by atoms with van der Waals surface area (Å²) in [5, 5.41) is 6.99. The minimum absolute atomic E-state index is 0.00602. The molecule has 0 atom stereocenters. The summed E-state index contributed by atoms with van der Waals surface area (Å²) in [7, 11) is 1.62. The third-order valence-corrected chi connectivity index (χ3v) is 5.82. The van der Waals surface area contributed by atoms with Gasteiger partial charge >= 0.3 is 0 Å². The number of rotatable bonds is 9. The first kappa shape index (κ1) is 24.0. The molecule has 3 aromatic rings. The fourth-order valence-electron chi connectivity index (χ4n) is 2.95. The van der Waals surface area contributed by atoms with Gasteiger partial charge in [-0.05, 0) is 54.1 Å². The lowest BCUT2D eigenvalue weighted by molar-refractivity contribution is -0.118. The molecular weight excluding hydrogens is 492 g/mol. The molecule has 7 heteroatoms. The van der Waals surface area contributed by atoms with E-state index in [1.165, 1.54) is 0 Å². The topological polar surface area (TPSA) is 59.6 Å². The van der Waals surface area contributed by atoms with Crippen molar-refractivity contribution in [2.45, 2.75) is 27.0 Å². The maximum absolute atomic E-state index is 11.9. The van der Waals surface area contributed by atoms with Crippen LogP contribution in [-0.2, 0) is 17.9 Å². The molecule has 0 spiro atoms. The average Bonchev–Trinajstić information content (AvgIpc) is 2.79. The van der Waals surface area contributed by atoms with Crippen LogP contribution < -0.4 is 20.1 Å². The molecule has 0 bridgehead atoms. The van der Waals surface area contributed by atoms with Crippen molar-refractivity contribution in [1.29, 1.82) is 0 Å². The molecule has 3 aromatic carbocycles. The van der Waals surface area contributed by atoms with E-state index in [1.807, 2.05) is 74.5 Å². The zero-order valence-electron chi connectivity index (χ0n) is 18.2. The number of carbonyl (C=O) groups excluding carboxylic acids is 1. The molecule has 0 aliphatic rings. The first-order chi connectivity index (χ1) is 15.4. The first-order valence-electron chi connectivity index (χ1n) is 10.2. The van der Waals surface area contributed by atoms with Crippen molar-refractivity contribution in [2.24, 2.45) is 5.92 Å². The van der Waals surface area contributed by atoms with Gasteiger partial charge in [0.2, 0.25) is 5.91 Å². The lowest BCUT2D eigenvalue weighted by atomic mass is 10.1. The Morgan fingerprint density at radius 3 is 2.28 bits per heavy atom. The van der Waals surface area contributed by atoms with Crippen LogP contribution in [0, 0.1) is 5.92 Å². The SMILES string of the molecule is COc1ccc(Br)c(CNc2ccc(NC(=O)C(C)C)cc2)c1OCc1ccc(Cl)cc1. The Bertz CT molecular complexity index is 1050. The summed E-state index contributed by atoms with van der Waals surface area (Å²) < 4.78 is 12.6. The predicted molar refractivity (Wildman–Crippen MR) is 134 cm³/mol. The lowest BCUT2D eigenvalue weighted by Crippen LogP contribution is -2.17. The second kappa shape index (κ2) is 11.2. The Kier molecular flexibility index (Phi) is 8.42. The van der Waals surface area contributed by atoms with E-state index in [0.717, 1.165) is 27.0 Å². The molecule has 0 fully saturated rings. The first-order valence-corrected chi connectivity index (χ1v) is 11.4. The highest BCUT2D eigenvalue weighted by molar-refractivity contribution is 9.10. The van der Waals surface area contributed by atoms with Crippen LogP contribution >= 0.6 is 27.5 Å². The fourth-order valence-corrected chi connectivity index (χ4v) is 3.53. The van der Waals surface area contributed by atoms with Crippen molar-refractivity contribution >= 4 is 44.8 Å². The van der Waals surface area contributed by atoms with Gasteiger partial charge in [-0.25, -0.2) is 0 Å². The highest BCUT2D eigenvalue weighted by Crippen LogP contribution is 2.37. The third-order valence-electron chi connectivity index (χ3n) is 4.83. The Morgan fingerprint density at radius 1 is 1.00 bits per heavy atom. The molecule has 0 heterocycles. The zero-order chi connectivity index (χ0) is 23.1. The number of amides is 1. The number of carbonyl (C=O) groups is 1. The third kappa shape index (κ3) is 6.40. The Morgan fingerprint density at radius 2 is 1.66 bits per heavy atom. The number of ether oxygens (including phenoxy) is 2. The largest absolute Gasteiger partial charge is 0.493 e. The van der Waals surface area contributed by atoms with Gasteiger partial charge in [0.1, 0.15) is 6.61 Å². The van der Waals surface area contributed by atoms with Gasteiger partial charge in [0, 0.05) is 38.9 Å². The summed E-state index contributed by atoms with van der Waals surface area (Å²) in [6.07, 6.45) is 0. The van der Waals surface area contributed by atoms with Crippen LogP contribution in [0.2, 0.25) is 5.02 Å². The van der Waals surface area contributed by atoms with Gasteiger partial charge < -0.3 is 20.1 Å². The van der Waals surface area contributed by atoms with Crippen molar-refractivity contribution in [3.8, 4) is 11.5 Å². The second-order valence-electron chi connectivity index (χ2n) is 7.55. The molecule has 1 amide bonds. The number of hydrogen-bond donors (Lipinski definition) is 2. The molecule has 0 radical (unpaired) electrons. The molecular formula is C25H26BrClN2O3. The number of halogens is 2. The lowest BCUT2D eigenvalue weighted by Gasteiger charge is -2.18. The Balaban J connectivity index is 1.72. The van der Waals surface area contributed by atoms with Crippen molar-refractivity contribution in [3.63, 3.8) is 0 Å². The van der Waals surface area contributed by atoms with Crippen LogP contribution in [0.25, 0.3) is 0 Å².